The maximum absolute atomic E-state index is 2.40. The lowest BCUT2D eigenvalue weighted by molar-refractivity contribution is 1.18. The molecular formula is C46H32. The first-order valence-corrected chi connectivity index (χ1v) is 16.3. The number of fused-ring (bicyclic) bond motifs is 6. The van der Waals surface area contributed by atoms with Gasteiger partial charge < -0.3 is 0 Å². The van der Waals surface area contributed by atoms with E-state index < -0.39 is 0 Å². The Morgan fingerprint density at radius 2 is 0.826 bits per heavy atom. The van der Waals surface area contributed by atoms with Crippen molar-refractivity contribution in [1.29, 1.82) is 0 Å². The summed E-state index contributed by atoms with van der Waals surface area (Å²) < 4.78 is 0. The average molecular weight is 585 g/mol. The summed E-state index contributed by atoms with van der Waals surface area (Å²) in [4.78, 5) is 0. The Hall–Kier alpha value is -5.72. The summed E-state index contributed by atoms with van der Waals surface area (Å²) in [5.74, 6) is 0. The predicted octanol–water partition coefficient (Wildman–Crippen LogP) is 13.0. The molecule has 0 amide bonds. The van der Waals surface area contributed by atoms with Crippen molar-refractivity contribution in [2.24, 2.45) is 0 Å². The maximum atomic E-state index is 2.40. The number of hydrogen-bond acceptors (Lipinski definition) is 0. The van der Waals surface area contributed by atoms with Crippen LogP contribution in [0.25, 0.3) is 87.2 Å². The molecule has 46 heavy (non-hydrogen) atoms. The van der Waals surface area contributed by atoms with Gasteiger partial charge in [0.05, 0.1) is 0 Å². The fraction of sp³-hybridized carbons (Fsp3) is 0.0435. The van der Waals surface area contributed by atoms with Gasteiger partial charge in [-0.05, 0) is 105 Å². The number of rotatable bonds is 4. The molecule has 0 atom stereocenters. The average Bonchev–Trinajstić information content (AvgIpc) is 3.13. The molecule has 0 bridgehead atoms. The lowest BCUT2D eigenvalue weighted by atomic mass is 9.82. The molecule has 0 radical (unpaired) electrons. The largest absolute Gasteiger partial charge is 0.0622 e. The third kappa shape index (κ3) is 4.00. The van der Waals surface area contributed by atoms with E-state index in [0.717, 1.165) is 6.42 Å². The lowest BCUT2D eigenvalue weighted by Gasteiger charge is -2.21. The molecule has 0 saturated heterocycles. The van der Waals surface area contributed by atoms with Crippen LogP contribution >= 0.6 is 0 Å². The maximum Gasteiger partial charge on any atom is -0.00201 e. The van der Waals surface area contributed by atoms with Crippen LogP contribution < -0.4 is 0 Å². The summed E-state index contributed by atoms with van der Waals surface area (Å²) >= 11 is 0. The highest BCUT2D eigenvalue weighted by Gasteiger charge is 2.20. The summed E-state index contributed by atoms with van der Waals surface area (Å²) in [5, 5.41) is 13.1. The Balaban J connectivity index is 1.39. The van der Waals surface area contributed by atoms with Crippen molar-refractivity contribution < 1.29 is 0 Å². The van der Waals surface area contributed by atoms with Crippen molar-refractivity contribution in [3.05, 3.63) is 169 Å². The Labute approximate surface area is 269 Å². The third-order valence-electron chi connectivity index (χ3n) is 9.85. The minimum atomic E-state index is 1.00. The van der Waals surface area contributed by atoms with Crippen molar-refractivity contribution in [2.75, 3.05) is 0 Å². The predicted molar refractivity (Wildman–Crippen MR) is 200 cm³/mol. The topological polar surface area (TPSA) is 0 Å². The Bertz CT molecular complexity index is 2550. The number of hydrogen-bond donors (Lipinski definition) is 0. The first kappa shape index (κ1) is 26.7. The van der Waals surface area contributed by atoms with E-state index in [1.165, 1.54) is 92.8 Å². The van der Waals surface area contributed by atoms with Gasteiger partial charge in [0.15, 0.2) is 0 Å². The van der Waals surface area contributed by atoms with Crippen molar-refractivity contribution in [1.82, 2.24) is 0 Å². The zero-order valence-corrected chi connectivity index (χ0v) is 25.8. The first-order chi connectivity index (χ1) is 22.8. The van der Waals surface area contributed by atoms with Crippen LogP contribution in [0, 0.1) is 0 Å². The fourth-order valence-corrected chi connectivity index (χ4v) is 7.88. The molecule has 0 heterocycles. The van der Waals surface area contributed by atoms with Crippen molar-refractivity contribution >= 4 is 53.9 Å². The van der Waals surface area contributed by atoms with Gasteiger partial charge >= 0.3 is 0 Å². The zero-order valence-electron chi connectivity index (χ0n) is 25.8. The van der Waals surface area contributed by atoms with Gasteiger partial charge in [-0.1, -0.05) is 165 Å². The van der Waals surface area contributed by atoms with Gasteiger partial charge in [-0.15, -0.1) is 0 Å². The highest BCUT2D eigenvalue weighted by molar-refractivity contribution is 6.26. The molecule has 0 heteroatoms. The molecule has 0 saturated carbocycles. The van der Waals surface area contributed by atoms with Crippen LogP contribution in [0.15, 0.2) is 164 Å². The van der Waals surface area contributed by atoms with E-state index in [0.29, 0.717) is 0 Å². The Kier molecular flexibility index (Phi) is 6.21. The van der Waals surface area contributed by atoms with E-state index in [1.807, 2.05) is 0 Å². The van der Waals surface area contributed by atoms with Gasteiger partial charge in [0.1, 0.15) is 0 Å². The van der Waals surface area contributed by atoms with Gasteiger partial charge in [0, 0.05) is 0 Å². The summed E-state index contributed by atoms with van der Waals surface area (Å²) in [7, 11) is 0. The van der Waals surface area contributed by atoms with Crippen LogP contribution in [0.3, 0.4) is 0 Å². The quantitative estimate of drug-likeness (QED) is 0.143. The van der Waals surface area contributed by atoms with E-state index in [1.54, 1.807) is 0 Å². The second-order valence-electron chi connectivity index (χ2n) is 12.2. The molecule has 0 nitrogen and oxygen atoms in total. The SMILES string of the molecule is CCc1c2ccccc2cc2c1ccc1c(-c3c4ccccc4c(-c4ccccc4-c4ccccc4)c4ccccc34)cccc12. The first-order valence-electron chi connectivity index (χ1n) is 16.3. The van der Waals surface area contributed by atoms with Crippen molar-refractivity contribution in [3.8, 4) is 33.4 Å². The van der Waals surface area contributed by atoms with E-state index in [2.05, 4.69) is 171 Å². The zero-order chi connectivity index (χ0) is 30.6. The summed E-state index contributed by atoms with van der Waals surface area (Å²) in [6, 6.07) is 60.5. The van der Waals surface area contributed by atoms with Crippen LogP contribution in [-0.4, -0.2) is 0 Å². The summed E-state index contributed by atoms with van der Waals surface area (Å²) in [5.41, 5.74) is 9.04. The van der Waals surface area contributed by atoms with Gasteiger partial charge in [-0.3, -0.25) is 0 Å². The molecule has 0 aliphatic carbocycles. The minimum Gasteiger partial charge on any atom is -0.0622 e. The molecule has 0 N–H and O–H groups in total. The normalized spacial score (nSPS) is 11.7. The molecule has 0 aliphatic heterocycles. The van der Waals surface area contributed by atoms with Crippen LogP contribution in [-0.2, 0) is 6.42 Å². The minimum absolute atomic E-state index is 1.00. The van der Waals surface area contributed by atoms with Gasteiger partial charge in [-0.25, -0.2) is 0 Å². The van der Waals surface area contributed by atoms with Crippen molar-refractivity contribution in [3.63, 3.8) is 0 Å². The second-order valence-corrected chi connectivity index (χ2v) is 12.2. The Morgan fingerprint density at radius 1 is 0.326 bits per heavy atom. The van der Waals surface area contributed by atoms with Crippen molar-refractivity contribution in [2.45, 2.75) is 13.3 Å². The highest BCUT2D eigenvalue weighted by Crippen LogP contribution is 2.48. The standard InChI is InChI=1S/C46H32/c1-2-32-34-19-7-6-17-31(34)29-44-35-25-14-26-39(37(35)28-27-36(32)44)46-42-23-12-10-21-40(42)45(41-22-11-13-24-43(41)46)38-20-9-8-18-33(38)30-15-4-3-5-16-30/h3-29H,2H2,1H3. The van der Waals surface area contributed by atoms with E-state index in [4.69, 9.17) is 0 Å². The molecule has 9 rings (SSSR count). The number of benzene rings is 9. The molecule has 0 aromatic heterocycles. The highest BCUT2D eigenvalue weighted by atomic mass is 14.2. The molecule has 0 fully saturated rings. The lowest BCUT2D eigenvalue weighted by Crippen LogP contribution is -1.94. The van der Waals surface area contributed by atoms with Gasteiger partial charge in [-0.2, -0.15) is 0 Å². The molecule has 0 aliphatic rings. The van der Waals surface area contributed by atoms with Crippen LogP contribution in [0.2, 0.25) is 0 Å². The number of aryl methyl sites for hydroxylation is 1. The van der Waals surface area contributed by atoms with E-state index in [-0.39, 0.29) is 0 Å². The monoisotopic (exact) mass is 584 g/mol. The Morgan fingerprint density at radius 3 is 1.50 bits per heavy atom. The molecule has 0 unspecified atom stereocenters. The fourth-order valence-electron chi connectivity index (χ4n) is 7.88. The van der Waals surface area contributed by atoms with E-state index in [9.17, 15) is 0 Å². The molecule has 0 spiro atoms. The second kappa shape index (κ2) is 10.7. The molecular weight excluding hydrogens is 553 g/mol. The third-order valence-corrected chi connectivity index (χ3v) is 9.85. The van der Waals surface area contributed by atoms with Gasteiger partial charge in [0.25, 0.3) is 0 Å². The van der Waals surface area contributed by atoms with Crippen LogP contribution in [0.4, 0.5) is 0 Å². The smallest absolute Gasteiger partial charge is 0.00201 e. The molecule has 9 aromatic carbocycles. The summed E-state index contributed by atoms with van der Waals surface area (Å²) in [6.45, 7) is 2.28. The van der Waals surface area contributed by atoms with Crippen LogP contribution in [0.1, 0.15) is 12.5 Å². The van der Waals surface area contributed by atoms with E-state index >= 15 is 0 Å². The molecule has 9 aromatic rings. The van der Waals surface area contributed by atoms with Crippen LogP contribution in [0.5, 0.6) is 0 Å². The summed E-state index contributed by atoms with van der Waals surface area (Å²) in [6.07, 6.45) is 1.00. The van der Waals surface area contributed by atoms with Gasteiger partial charge in [0.2, 0.25) is 0 Å². The molecule has 216 valence electrons.